The second kappa shape index (κ2) is 6.37. The number of amides is 1. The molecule has 0 radical (unpaired) electrons. The Morgan fingerprint density at radius 2 is 2.13 bits per heavy atom. The molecule has 2 aliphatic heterocycles. The molecule has 0 aromatic heterocycles. The minimum Gasteiger partial charge on any atom is -0.454 e. The molecule has 1 fully saturated rings. The number of likely N-dealkylation sites (N-methyl/N-ethyl adjacent to an activating group) is 1. The predicted molar refractivity (Wildman–Crippen MR) is 85.6 cm³/mol. The number of ether oxygens (including phenoxy) is 2. The molecule has 3 rings (SSSR count). The molecule has 0 aliphatic carbocycles. The Kier molecular flexibility index (Phi) is 4.46. The number of β-amino-alcohol motifs (C(OH)–C–C–N with tert-alkyl or cyclic N) is 1. The van der Waals surface area contributed by atoms with Gasteiger partial charge in [-0.1, -0.05) is 6.07 Å². The molecule has 1 atom stereocenters. The van der Waals surface area contributed by atoms with Crippen molar-refractivity contribution in [2.24, 2.45) is 0 Å². The molecule has 1 saturated heterocycles. The van der Waals surface area contributed by atoms with Crippen LogP contribution in [-0.2, 0) is 11.2 Å². The first-order valence-corrected chi connectivity index (χ1v) is 7.99. The van der Waals surface area contributed by atoms with E-state index < -0.39 is 5.60 Å². The Balaban J connectivity index is 1.52. The average Bonchev–Trinajstić information content (AvgIpc) is 3.10. The minimum absolute atomic E-state index is 0.0948. The van der Waals surface area contributed by atoms with Gasteiger partial charge in [0.1, 0.15) is 0 Å². The number of nitrogens with zero attached hydrogens (tertiary/aromatic N) is 2. The summed E-state index contributed by atoms with van der Waals surface area (Å²) in [7, 11) is 3.87. The number of benzene rings is 1. The van der Waals surface area contributed by atoms with Crippen molar-refractivity contribution in [2.45, 2.75) is 24.9 Å². The van der Waals surface area contributed by atoms with E-state index in [1.54, 1.807) is 4.90 Å². The maximum Gasteiger partial charge on any atom is 0.231 e. The molecule has 6 heteroatoms. The number of likely N-dealkylation sites (tertiary alicyclic amines) is 1. The van der Waals surface area contributed by atoms with Gasteiger partial charge in [-0.2, -0.15) is 0 Å². The fraction of sp³-hybridized carbons (Fsp3) is 0.588. The van der Waals surface area contributed by atoms with Crippen LogP contribution in [0.15, 0.2) is 18.2 Å². The summed E-state index contributed by atoms with van der Waals surface area (Å²) in [5.41, 5.74) is 0.281. The Morgan fingerprint density at radius 1 is 1.35 bits per heavy atom. The van der Waals surface area contributed by atoms with Gasteiger partial charge >= 0.3 is 0 Å². The number of hydrogen-bond donors (Lipinski definition) is 1. The Hall–Kier alpha value is -1.79. The van der Waals surface area contributed by atoms with E-state index in [9.17, 15) is 9.90 Å². The topological polar surface area (TPSA) is 62.2 Å². The molecule has 6 nitrogen and oxygen atoms in total. The van der Waals surface area contributed by atoms with Crippen molar-refractivity contribution in [2.75, 3.05) is 40.5 Å². The lowest BCUT2D eigenvalue weighted by Gasteiger charge is -2.26. The first kappa shape index (κ1) is 16.1. The lowest BCUT2D eigenvalue weighted by Crippen LogP contribution is -2.43. The standard InChI is InChI=1S/C17H24N2O4/c1-18(2)10-17(21)7-8-19(11-17)16(20)6-4-13-3-5-14-15(9-13)23-12-22-14/h3,5,9,21H,4,6-8,10-12H2,1-2H3/t17-/m1/s1. The maximum atomic E-state index is 12.4. The monoisotopic (exact) mass is 320 g/mol. The van der Waals surface area contributed by atoms with Gasteiger partial charge in [0, 0.05) is 19.5 Å². The molecule has 0 saturated carbocycles. The second-order valence-electron chi connectivity index (χ2n) is 6.72. The number of hydrogen-bond acceptors (Lipinski definition) is 5. The fourth-order valence-electron chi connectivity index (χ4n) is 3.29. The highest BCUT2D eigenvalue weighted by atomic mass is 16.7. The van der Waals surface area contributed by atoms with E-state index in [0.717, 1.165) is 17.1 Å². The zero-order valence-electron chi connectivity index (χ0n) is 13.7. The third kappa shape index (κ3) is 3.76. The highest BCUT2D eigenvalue weighted by Gasteiger charge is 2.38. The van der Waals surface area contributed by atoms with Crippen molar-refractivity contribution in [3.63, 3.8) is 0 Å². The lowest BCUT2D eigenvalue weighted by molar-refractivity contribution is -0.131. The number of carbonyl (C=O) groups is 1. The molecule has 23 heavy (non-hydrogen) atoms. The number of aryl methyl sites for hydroxylation is 1. The van der Waals surface area contributed by atoms with Crippen molar-refractivity contribution in [1.82, 2.24) is 9.80 Å². The minimum atomic E-state index is -0.780. The fourth-order valence-corrected chi connectivity index (χ4v) is 3.29. The molecule has 2 aliphatic rings. The normalized spacial score (nSPS) is 22.9. The molecule has 0 unspecified atom stereocenters. The number of aliphatic hydroxyl groups is 1. The summed E-state index contributed by atoms with van der Waals surface area (Å²) >= 11 is 0. The van der Waals surface area contributed by atoms with E-state index >= 15 is 0 Å². The molecule has 126 valence electrons. The molecule has 1 aromatic carbocycles. The van der Waals surface area contributed by atoms with E-state index in [1.807, 2.05) is 37.2 Å². The quantitative estimate of drug-likeness (QED) is 0.872. The Labute approximate surface area is 136 Å². The highest BCUT2D eigenvalue weighted by molar-refractivity contribution is 5.77. The van der Waals surface area contributed by atoms with Crippen molar-refractivity contribution in [3.8, 4) is 11.5 Å². The van der Waals surface area contributed by atoms with Gasteiger partial charge in [-0.25, -0.2) is 0 Å². The predicted octanol–water partition coefficient (Wildman–Crippen LogP) is 0.873. The molecule has 0 spiro atoms. The molecular weight excluding hydrogens is 296 g/mol. The zero-order valence-corrected chi connectivity index (χ0v) is 13.7. The van der Waals surface area contributed by atoms with Crippen LogP contribution in [0.5, 0.6) is 11.5 Å². The van der Waals surface area contributed by atoms with Crippen LogP contribution >= 0.6 is 0 Å². The molecule has 1 aromatic rings. The van der Waals surface area contributed by atoms with E-state index in [-0.39, 0.29) is 12.7 Å². The van der Waals surface area contributed by atoms with Gasteiger partial charge in [-0.05, 0) is 44.6 Å². The van der Waals surface area contributed by atoms with Gasteiger partial charge in [0.15, 0.2) is 11.5 Å². The molecule has 1 N–H and O–H groups in total. The van der Waals surface area contributed by atoms with E-state index in [0.29, 0.717) is 38.9 Å². The summed E-state index contributed by atoms with van der Waals surface area (Å²) in [5, 5.41) is 10.5. The number of fused-ring (bicyclic) bond motifs is 1. The third-order valence-electron chi connectivity index (χ3n) is 4.36. The summed E-state index contributed by atoms with van der Waals surface area (Å²) in [6.07, 6.45) is 1.75. The third-order valence-corrected chi connectivity index (χ3v) is 4.36. The number of carbonyl (C=O) groups excluding carboxylic acids is 1. The largest absolute Gasteiger partial charge is 0.454 e. The van der Waals surface area contributed by atoms with Crippen LogP contribution in [0.3, 0.4) is 0 Å². The van der Waals surface area contributed by atoms with Crippen LogP contribution in [-0.4, -0.2) is 66.9 Å². The van der Waals surface area contributed by atoms with Crippen molar-refractivity contribution < 1.29 is 19.4 Å². The van der Waals surface area contributed by atoms with Gasteiger partial charge in [0.2, 0.25) is 12.7 Å². The summed E-state index contributed by atoms with van der Waals surface area (Å²) < 4.78 is 10.6. The van der Waals surface area contributed by atoms with E-state index in [2.05, 4.69) is 0 Å². The van der Waals surface area contributed by atoms with Crippen LogP contribution in [0.25, 0.3) is 0 Å². The Morgan fingerprint density at radius 3 is 2.91 bits per heavy atom. The molecule has 2 heterocycles. The van der Waals surface area contributed by atoms with Gasteiger partial charge in [0.25, 0.3) is 0 Å². The highest BCUT2D eigenvalue weighted by Crippen LogP contribution is 2.33. The summed E-state index contributed by atoms with van der Waals surface area (Å²) in [4.78, 5) is 16.1. The van der Waals surface area contributed by atoms with Crippen molar-refractivity contribution in [3.05, 3.63) is 23.8 Å². The average molecular weight is 320 g/mol. The van der Waals surface area contributed by atoms with Crippen LogP contribution in [0.2, 0.25) is 0 Å². The van der Waals surface area contributed by atoms with Crippen molar-refractivity contribution >= 4 is 5.91 Å². The van der Waals surface area contributed by atoms with E-state index in [1.165, 1.54) is 0 Å². The molecule has 1 amide bonds. The van der Waals surface area contributed by atoms with Gasteiger partial charge in [0.05, 0.1) is 12.1 Å². The second-order valence-corrected chi connectivity index (χ2v) is 6.72. The lowest BCUT2D eigenvalue weighted by atomic mass is 10.0. The molecule has 0 bridgehead atoms. The summed E-state index contributed by atoms with van der Waals surface area (Å²) in [5.74, 6) is 1.60. The van der Waals surface area contributed by atoms with Crippen LogP contribution in [0, 0.1) is 0 Å². The number of rotatable bonds is 5. The zero-order chi connectivity index (χ0) is 16.4. The van der Waals surface area contributed by atoms with E-state index in [4.69, 9.17) is 9.47 Å². The van der Waals surface area contributed by atoms with Crippen LogP contribution in [0.4, 0.5) is 0 Å². The van der Waals surface area contributed by atoms with Crippen molar-refractivity contribution in [1.29, 1.82) is 0 Å². The Bertz CT molecular complexity index is 590. The summed E-state index contributed by atoms with van der Waals surface area (Å²) in [6.45, 7) is 1.89. The molecular formula is C17H24N2O4. The maximum absolute atomic E-state index is 12.4. The van der Waals surface area contributed by atoms with Crippen LogP contribution in [0.1, 0.15) is 18.4 Å². The van der Waals surface area contributed by atoms with Gasteiger partial charge in [-0.15, -0.1) is 0 Å². The summed E-state index contributed by atoms with van der Waals surface area (Å²) in [6, 6.07) is 5.78. The van der Waals surface area contributed by atoms with Crippen LogP contribution < -0.4 is 9.47 Å². The first-order chi connectivity index (χ1) is 11.0. The SMILES string of the molecule is CN(C)C[C@]1(O)CCN(C(=O)CCc2ccc3c(c2)OCO3)C1. The van der Waals surface area contributed by atoms with Gasteiger partial charge in [-0.3, -0.25) is 4.79 Å². The van der Waals surface area contributed by atoms with Gasteiger partial charge < -0.3 is 24.4 Å². The first-order valence-electron chi connectivity index (χ1n) is 7.99. The smallest absolute Gasteiger partial charge is 0.231 e.